The Hall–Kier alpha value is -3.96. The molecule has 44 heavy (non-hydrogen) atoms. The van der Waals surface area contributed by atoms with Crippen LogP contribution in [0.5, 0.6) is 23.0 Å². The molecule has 0 unspecified atom stereocenters. The minimum atomic E-state index is -0.670. The van der Waals surface area contributed by atoms with Gasteiger partial charge < -0.3 is 38.1 Å². The molecule has 0 spiro atoms. The molecule has 236 valence electrons. The maximum absolute atomic E-state index is 13.5. The van der Waals surface area contributed by atoms with Gasteiger partial charge in [-0.05, 0) is 60.9 Å². The lowest BCUT2D eigenvalue weighted by Crippen LogP contribution is -2.58. The van der Waals surface area contributed by atoms with Crippen molar-refractivity contribution in [3.8, 4) is 23.0 Å². The minimum Gasteiger partial charge on any atom is -0.497 e. The van der Waals surface area contributed by atoms with Gasteiger partial charge in [0.25, 0.3) is 0 Å². The van der Waals surface area contributed by atoms with Crippen LogP contribution in [0.2, 0.25) is 0 Å². The van der Waals surface area contributed by atoms with E-state index in [0.717, 1.165) is 37.2 Å². The molecule has 0 amide bonds. The van der Waals surface area contributed by atoms with Crippen molar-refractivity contribution < 1.29 is 42.7 Å². The Morgan fingerprint density at radius 2 is 1.66 bits per heavy atom. The van der Waals surface area contributed by atoms with Gasteiger partial charge in [0.2, 0.25) is 5.75 Å². The standard InChI is InChI=1S/C33H40N2O9/c1-38-19-7-8-20-21-9-10-35-16-18-13-27(44-32(36)17-11-25(39-2)30(41-4)26(12-17)40-3)31(42-5)28(33(37)43-6)22(18)15-24(35)29(21)34-23(20)14-19/h7-8,11-12,14,18,22,24,27-28,31,34H,9-10,13,15-16H2,1-6H3/t18-,22-,24-,27+,28-,31+/m1/s1. The van der Waals surface area contributed by atoms with Gasteiger partial charge in [0.15, 0.2) is 11.5 Å². The van der Waals surface area contributed by atoms with E-state index in [9.17, 15) is 9.59 Å². The van der Waals surface area contributed by atoms with Gasteiger partial charge in [0.1, 0.15) is 18.0 Å². The third-order valence-corrected chi connectivity index (χ3v) is 9.76. The van der Waals surface area contributed by atoms with Crippen LogP contribution in [-0.2, 0) is 25.4 Å². The van der Waals surface area contributed by atoms with Gasteiger partial charge in [-0.25, -0.2) is 4.79 Å². The Kier molecular flexibility index (Phi) is 8.34. The number of nitrogens with zero attached hydrogens (tertiary/aromatic N) is 1. The SMILES string of the molecule is COC(=O)[C@@H]1[C@@H]2C[C@@H]3c4[nH]c5cc(OC)ccc5c4CCN3C[C@H]2C[C@H](OC(=O)c2cc(OC)c(OC)c(OC)c2)[C@@H]1OC. The van der Waals surface area contributed by atoms with Gasteiger partial charge in [-0.2, -0.15) is 0 Å². The molecular formula is C33H40N2O9. The molecule has 3 heterocycles. The zero-order valence-electron chi connectivity index (χ0n) is 26.0. The topological polar surface area (TPSA) is 118 Å². The van der Waals surface area contributed by atoms with Gasteiger partial charge >= 0.3 is 11.9 Å². The van der Waals surface area contributed by atoms with Crippen LogP contribution in [0, 0.1) is 17.8 Å². The second kappa shape index (κ2) is 12.2. The first-order chi connectivity index (χ1) is 21.3. The van der Waals surface area contributed by atoms with Crippen molar-refractivity contribution >= 4 is 22.8 Å². The fraction of sp³-hybridized carbons (Fsp3) is 0.515. The molecule has 3 aliphatic rings. The van der Waals surface area contributed by atoms with Crippen LogP contribution >= 0.6 is 0 Å². The Balaban J connectivity index is 1.29. The predicted molar refractivity (Wildman–Crippen MR) is 161 cm³/mol. The molecule has 3 aromatic rings. The van der Waals surface area contributed by atoms with Crippen molar-refractivity contribution in [1.29, 1.82) is 0 Å². The van der Waals surface area contributed by atoms with Crippen LogP contribution in [0.4, 0.5) is 0 Å². The molecule has 1 saturated carbocycles. The smallest absolute Gasteiger partial charge is 0.338 e. The Labute approximate surface area is 256 Å². The van der Waals surface area contributed by atoms with Crippen LogP contribution in [0.25, 0.3) is 10.9 Å². The lowest BCUT2D eigenvalue weighted by Gasteiger charge is -2.52. The summed E-state index contributed by atoms with van der Waals surface area (Å²) < 4.78 is 39.1. The number of hydrogen-bond donors (Lipinski definition) is 1. The van der Waals surface area contributed by atoms with Crippen molar-refractivity contribution in [2.75, 3.05) is 55.7 Å². The Bertz CT molecular complexity index is 1530. The highest BCUT2D eigenvalue weighted by Gasteiger charge is 2.54. The zero-order chi connectivity index (χ0) is 31.1. The summed E-state index contributed by atoms with van der Waals surface area (Å²) in [5.74, 6) is 0.441. The molecule has 6 rings (SSSR count). The first kappa shape index (κ1) is 30.1. The number of aromatic amines is 1. The molecule has 1 aromatic heterocycles. The minimum absolute atomic E-state index is 0.0170. The number of aromatic nitrogens is 1. The highest BCUT2D eigenvalue weighted by atomic mass is 16.6. The molecule has 11 heteroatoms. The summed E-state index contributed by atoms with van der Waals surface area (Å²) in [6.45, 7) is 1.68. The van der Waals surface area contributed by atoms with Crippen LogP contribution in [0.15, 0.2) is 30.3 Å². The van der Waals surface area contributed by atoms with Crippen LogP contribution in [0.1, 0.15) is 40.5 Å². The summed E-state index contributed by atoms with van der Waals surface area (Å²) in [4.78, 5) is 33.1. The lowest BCUT2D eigenvalue weighted by atomic mass is 9.63. The number of nitrogens with one attached hydrogen (secondary N) is 1. The number of hydrogen-bond acceptors (Lipinski definition) is 10. The lowest BCUT2D eigenvalue weighted by molar-refractivity contribution is -0.176. The Morgan fingerprint density at radius 3 is 2.30 bits per heavy atom. The normalized spacial score (nSPS) is 26.1. The number of benzene rings is 2. The quantitative estimate of drug-likeness (QED) is 0.374. The average molecular weight is 609 g/mol. The van der Waals surface area contributed by atoms with E-state index in [1.807, 2.05) is 12.1 Å². The number of fused-ring (bicyclic) bond motifs is 6. The summed E-state index contributed by atoms with van der Waals surface area (Å²) >= 11 is 0. The van der Waals surface area contributed by atoms with E-state index >= 15 is 0 Å². The first-order valence-corrected chi connectivity index (χ1v) is 14.9. The number of piperidine rings is 1. The number of carbonyl (C=O) groups is 2. The molecule has 2 fully saturated rings. The fourth-order valence-corrected chi connectivity index (χ4v) is 7.76. The van der Waals surface area contributed by atoms with E-state index in [4.69, 9.17) is 33.2 Å². The highest BCUT2D eigenvalue weighted by molar-refractivity contribution is 5.91. The number of carbonyl (C=O) groups excluding carboxylic acids is 2. The Morgan fingerprint density at radius 1 is 0.909 bits per heavy atom. The summed E-state index contributed by atoms with van der Waals surface area (Å²) in [6, 6.07) is 9.40. The number of H-pyrrole nitrogens is 1. The third kappa shape index (κ3) is 5.01. The maximum atomic E-state index is 13.5. The monoisotopic (exact) mass is 608 g/mol. The molecule has 6 atom stereocenters. The largest absolute Gasteiger partial charge is 0.497 e. The molecule has 2 aromatic carbocycles. The van der Waals surface area contributed by atoms with E-state index in [2.05, 4.69) is 16.0 Å². The van der Waals surface area contributed by atoms with Crippen LogP contribution < -0.4 is 18.9 Å². The van der Waals surface area contributed by atoms with Crippen molar-refractivity contribution in [2.24, 2.45) is 17.8 Å². The maximum Gasteiger partial charge on any atom is 0.338 e. The average Bonchev–Trinajstić information content (AvgIpc) is 3.43. The number of methoxy groups -OCH3 is 6. The molecule has 1 aliphatic carbocycles. The molecule has 1 saturated heterocycles. The third-order valence-electron chi connectivity index (χ3n) is 9.76. The molecular weight excluding hydrogens is 568 g/mol. The van der Waals surface area contributed by atoms with E-state index in [1.54, 1.807) is 26.4 Å². The van der Waals surface area contributed by atoms with Crippen LogP contribution in [-0.4, -0.2) is 89.8 Å². The summed E-state index contributed by atoms with van der Waals surface area (Å²) in [6.07, 6.45) is 0.920. The van der Waals surface area contributed by atoms with Gasteiger partial charge in [0, 0.05) is 42.9 Å². The van der Waals surface area contributed by atoms with E-state index in [0.29, 0.717) is 23.7 Å². The van der Waals surface area contributed by atoms with Crippen molar-refractivity contribution in [2.45, 2.75) is 37.5 Å². The summed E-state index contributed by atoms with van der Waals surface area (Å²) in [5, 5.41) is 1.21. The van der Waals surface area contributed by atoms with E-state index in [-0.39, 0.29) is 29.4 Å². The molecule has 11 nitrogen and oxygen atoms in total. The van der Waals surface area contributed by atoms with Crippen molar-refractivity contribution in [3.63, 3.8) is 0 Å². The van der Waals surface area contributed by atoms with Gasteiger partial charge in [-0.1, -0.05) is 0 Å². The highest BCUT2D eigenvalue weighted by Crippen LogP contribution is 2.51. The zero-order valence-corrected chi connectivity index (χ0v) is 26.0. The second-order valence-corrected chi connectivity index (χ2v) is 11.7. The number of esters is 2. The van der Waals surface area contributed by atoms with Crippen LogP contribution in [0.3, 0.4) is 0 Å². The predicted octanol–water partition coefficient (Wildman–Crippen LogP) is 4.17. The number of ether oxygens (including phenoxy) is 7. The molecule has 1 N–H and O–H groups in total. The van der Waals surface area contributed by atoms with E-state index < -0.39 is 24.1 Å². The summed E-state index contributed by atoms with van der Waals surface area (Å²) in [5.41, 5.74) is 3.83. The number of rotatable bonds is 8. The first-order valence-electron chi connectivity index (χ1n) is 14.9. The molecule has 2 aliphatic heterocycles. The van der Waals surface area contributed by atoms with Crippen molar-refractivity contribution in [1.82, 2.24) is 9.88 Å². The van der Waals surface area contributed by atoms with Crippen molar-refractivity contribution in [3.05, 3.63) is 47.2 Å². The van der Waals surface area contributed by atoms with Gasteiger partial charge in [-0.3, -0.25) is 9.69 Å². The van der Waals surface area contributed by atoms with E-state index in [1.165, 1.54) is 45.1 Å². The van der Waals surface area contributed by atoms with Gasteiger partial charge in [-0.15, -0.1) is 0 Å². The molecule has 0 bridgehead atoms. The second-order valence-electron chi connectivity index (χ2n) is 11.7. The molecule has 0 radical (unpaired) electrons. The fourth-order valence-electron chi connectivity index (χ4n) is 7.76. The summed E-state index contributed by atoms with van der Waals surface area (Å²) in [7, 11) is 9.10. The van der Waals surface area contributed by atoms with Gasteiger partial charge in [0.05, 0.1) is 53.1 Å².